The summed E-state index contributed by atoms with van der Waals surface area (Å²) < 4.78 is 12.7. The van der Waals surface area contributed by atoms with Crippen LogP contribution in [0.15, 0.2) is 36.4 Å². The summed E-state index contributed by atoms with van der Waals surface area (Å²) in [6, 6.07) is 13.3. The van der Waals surface area contributed by atoms with Crippen molar-refractivity contribution in [3.8, 4) is 11.5 Å². The molecular weight excluding hydrogens is 414 g/mol. The van der Waals surface area contributed by atoms with Crippen LogP contribution in [0.3, 0.4) is 0 Å². The second-order valence-corrected chi connectivity index (χ2v) is 10.7. The SMILES string of the molecule is COc1ccc2c3c1O[C@H]1[C@H](N4CCN(C)c5ccccc54)CC[C@@]4(O)[C@H](C2)N(C)CC[C@]314. The van der Waals surface area contributed by atoms with Crippen molar-refractivity contribution in [2.24, 2.45) is 0 Å². The zero-order valence-corrected chi connectivity index (χ0v) is 19.8. The molecule has 2 fully saturated rings. The molecule has 1 saturated carbocycles. The maximum absolute atomic E-state index is 12.5. The Labute approximate surface area is 195 Å². The summed E-state index contributed by atoms with van der Waals surface area (Å²) in [6.07, 6.45) is 3.43. The van der Waals surface area contributed by atoms with E-state index in [-0.39, 0.29) is 23.6 Å². The van der Waals surface area contributed by atoms with Crippen molar-refractivity contribution in [2.45, 2.75) is 54.9 Å². The normalized spacial score (nSPS) is 36.2. The van der Waals surface area contributed by atoms with E-state index in [1.165, 1.54) is 22.5 Å². The van der Waals surface area contributed by atoms with E-state index in [2.05, 4.69) is 65.2 Å². The number of anilines is 2. The van der Waals surface area contributed by atoms with Crippen LogP contribution in [-0.2, 0) is 11.8 Å². The van der Waals surface area contributed by atoms with Crippen molar-refractivity contribution < 1.29 is 14.6 Å². The molecular formula is C27H33N3O3. The van der Waals surface area contributed by atoms with Crippen LogP contribution in [0.4, 0.5) is 11.4 Å². The molecule has 0 radical (unpaired) electrons. The molecule has 2 aliphatic carbocycles. The van der Waals surface area contributed by atoms with Gasteiger partial charge in [-0.05, 0) is 63.0 Å². The van der Waals surface area contributed by atoms with E-state index >= 15 is 0 Å². The van der Waals surface area contributed by atoms with Crippen LogP contribution in [-0.4, -0.2) is 74.6 Å². The highest BCUT2D eigenvalue weighted by molar-refractivity contribution is 5.74. The van der Waals surface area contributed by atoms with Gasteiger partial charge in [-0.25, -0.2) is 0 Å². The minimum atomic E-state index is -0.780. The number of benzene rings is 2. The second kappa shape index (κ2) is 6.57. The molecule has 5 aliphatic rings. The van der Waals surface area contributed by atoms with Crippen molar-refractivity contribution in [2.75, 3.05) is 50.6 Å². The molecule has 1 saturated heterocycles. The van der Waals surface area contributed by atoms with Gasteiger partial charge in [0.15, 0.2) is 11.5 Å². The lowest BCUT2D eigenvalue weighted by Gasteiger charge is -2.64. The quantitative estimate of drug-likeness (QED) is 0.764. The smallest absolute Gasteiger partial charge is 0.166 e. The Hall–Kier alpha value is -2.44. The molecule has 1 spiro atoms. The Morgan fingerprint density at radius 2 is 1.85 bits per heavy atom. The fraction of sp³-hybridized carbons (Fsp3) is 0.556. The van der Waals surface area contributed by atoms with Crippen LogP contribution in [0.1, 0.15) is 30.4 Å². The topological polar surface area (TPSA) is 48.4 Å². The van der Waals surface area contributed by atoms with Crippen LogP contribution in [0.25, 0.3) is 0 Å². The molecule has 0 aromatic heterocycles. The summed E-state index contributed by atoms with van der Waals surface area (Å²) in [5.74, 6) is 1.69. The molecule has 5 atom stereocenters. The number of likely N-dealkylation sites (tertiary alicyclic amines) is 1. The fourth-order valence-corrected chi connectivity index (χ4v) is 8.07. The first-order valence-corrected chi connectivity index (χ1v) is 12.4. The first-order chi connectivity index (χ1) is 16.0. The number of para-hydroxylation sites is 2. The van der Waals surface area contributed by atoms with E-state index in [4.69, 9.17) is 9.47 Å². The van der Waals surface area contributed by atoms with Gasteiger partial charge in [-0.2, -0.15) is 0 Å². The first-order valence-electron chi connectivity index (χ1n) is 12.4. The molecule has 3 heterocycles. The van der Waals surface area contributed by atoms with E-state index in [1.807, 2.05) is 0 Å². The standard InChI is InChI=1S/C27H33N3O3/c1-28-14-15-30(19-7-5-4-6-18(19)28)20-10-11-27(31)22-16-17-8-9-21(32-3)24-23(17)26(27,25(20)33-24)12-13-29(22)2/h4-9,20,22,25,31H,10-16H2,1-3H3/t20-,22+,25+,26+,27-/m1/s1. The Bertz CT molecular complexity index is 1140. The van der Waals surface area contributed by atoms with E-state index < -0.39 is 5.60 Å². The number of aliphatic hydroxyl groups is 1. The van der Waals surface area contributed by atoms with Crippen LogP contribution in [0, 0.1) is 0 Å². The molecule has 6 nitrogen and oxygen atoms in total. The molecule has 33 heavy (non-hydrogen) atoms. The average molecular weight is 448 g/mol. The lowest BCUT2D eigenvalue weighted by molar-refractivity contribution is -0.184. The Morgan fingerprint density at radius 1 is 1.03 bits per heavy atom. The van der Waals surface area contributed by atoms with E-state index in [1.54, 1.807) is 7.11 Å². The van der Waals surface area contributed by atoms with Gasteiger partial charge >= 0.3 is 0 Å². The highest BCUT2D eigenvalue weighted by atomic mass is 16.5. The largest absolute Gasteiger partial charge is 0.493 e. The lowest BCUT2D eigenvalue weighted by atomic mass is 9.48. The number of hydrogen-bond acceptors (Lipinski definition) is 6. The molecule has 1 N–H and O–H groups in total. The average Bonchev–Trinajstić information content (AvgIpc) is 3.18. The summed E-state index contributed by atoms with van der Waals surface area (Å²) in [4.78, 5) is 7.31. The number of likely N-dealkylation sites (N-methyl/N-ethyl adjacent to an activating group) is 2. The molecule has 6 heteroatoms. The number of fused-ring (bicyclic) bond motifs is 1. The second-order valence-electron chi connectivity index (χ2n) is 10.7. The molecule has 7 rings (SSSR count). The summed E-state index contributed by atoms with van der Waals surface area (Å²) in [5, 5.41) is 12.5. The van der Waals surface area contributed by atoms with Crippen LogP contribution < -0.4 is 19.3 Å². The summed E-state index contributed by atoms with van der Waals surface area (Å²) in [5.41, 5.74) is 3.96. The van der Waals surface area contributed by atoms with E-state index in [9.17, 15) is 5.11 Å². The van der Waals surface area contributed by atoms with E-state index in [0.717, 1.165) is 56.8 Å². The van der Waals surface area contributed by atoms with Crippen molar-refractivity contribution in [3.63, 3.8) is 0 Å². The van der Waals surface area contributed by atoms with Gasteiger partial charge in [-0.3, -0.25) is 0 Å². The molecule has 2 aromatic carbocycles. The molecule has 174 valence electrons. The lowest BCUT2D eigenvalue weighted by Crippen LogP contribution is -2.78. The van der Waals surface area contributed by atoms with Crippen molar-refractivity contribution in [1.82, 2.24) is 4.90 Å². The first kappa shape index (κ1) is 20.0. The third-order valence-corrected chi connectivity index (χ3v) is 9.58. The van der Waals surface area contributed by atoms with Gasteiger partial charge in [0.05, 0.1) is 35.5 Å². The summed E-state index contributed by atoms with van der Waals surface area (Å²) in [7, 11) is 6.08. The number of nitrogens with zero attached hydrogens (tertiary/aromatic N) is 3. The van der Waals surface area contributed by atoms with E-state index in [0.29, 0.717) is 0 Å². The van der Waals surface area contributed by atoms with Gasteiger partial charge in [0.2, 0.25) is 0 Å². The predicted molar refractivity (Wildman–Crippen MR) is 129 cm³/mol. The van der Waals surface area contributed by atoms with Gasteiger partial charge in [-0.15, -0.1) is 0 Å². The predicted octanol–water partition coefficient (Wildman–Crippen LogP) is 2.80. The zero-order valence-electron chi connectivity index (χ0n) is 19.8. The zero-order chi connectivity index (χ0) is 22.5. The Kier molecular flexibility index (Phi) is 3.98. The van der Waals surface area contributed by atoms with Crippen molar-refractivity contribution in [1.29, 1.82) is 0 Å². The maximum Gasteiger partial charge on any atom is 0.166 e. The maximum atomic E-state index is 12.5. The number of rotatable bonds is 2. The Morgan fingerprint density at radius 3 is 2.67 bits per heavy atom. The minimum Gasteiger partial charge on any atom is -0.493 e. The molecule has 3 aliphatic heterocycles. The molecule has 0 unspecified atom stereocenters. The molecule has 2 bridgehead atoms. The highest BCUT2D eigenvalue weighted by Gasteiger charge is 2.73. The monoisotopic (exact) mass is 447 g/mol. The number of piperidine rings is 1. The van der Waals surface area contributed by atoms with Crippen molar-refractivity contribution >= 4 is 11.4 Å². The van der Waals surface area contributed by atoms with Gasteiger partial charge < -0.3 is 29.3 Å². The third kappa shape index (κ3) is 2.27. The van der Waals surface area contributed by atoms with Gasteiger partial charge in [0.25, 0.3) is 0 Å². The van der Waals surface area contributed by atoms with Crippen LogP contribution in [0.5, 0.6) is 11.5 Å². The number of hydrogen-bond donors (Lipinski definition) is 1. The molecule has 0 amide bonds. The number of ether oxygens (including phenoxy) is 2. The van der Waals surface area contributed by atoms with Gasteiger partial charge in [-0.1, -0.05) is 18.2 Å². The third-order valence-electron chi connectivity index (χ3n) is 9.58. The highest BCUT2D eigenvalue weighted by Crippen LogP contribution is 2.66. The fourth-order valence-electron chi connectivity index (χ4n) is 8.07. The van der Waals surface area contributed by atoms with Gasteiger partial charge in [0.1, 0.15) is 6.10 Å². The van der Waals surface area contributed by atoms with Gasteiger partial charge in [0, 0.05) is 31.7 Å². The summed E-state index contributed by atoms with van der Waals surface area (Å²) >= 11 is 0. The minimum absolute atomic E-state index is 0.0886. The van der Waals surface area contributed by atoms with Crippen LogP contribution in [0.2, 0.25) is 0 Å². The molecule has 2 aromatic rings. The van der Waals surface area contributed by atoms with Crippen molar-refractivity contribution in [3.05, 3.63) is 47.5 Å². The van der Waals surface area contributed by atoms with Crippen LogP contribution >= 0.6 is 0 Å². The Balaban J connectivity index is 1.42. The summed E-state index contributed by atoms with van der Waals surface area (Å²) in [6.45, 7) is 2.94. The number of methoxy groups -OCH3 is 1.